The smallest absolute Gasteiger partial charge is 0.243 e. The number of benzene rings is 3. The van der Waals surface area contributed by atoms with E-state index in [1.165, 1.54) is 11.2 Å². The topological polar surface area (TPSA) is 37.4 Å². The molecule has 1 aliphatic heterocycles. The molecular formula is C25H26FNO2S. The summed E-state index contributed by atoms with van der Waals surface area (Å²) >= 11 is 0. The van der Waals surface area contributed by atoms with Gasteiger partial charge < -0.3 is 0 Å². The Balaban J connectivity index is 1.87. The molecule has 0 radical (unpaired) electrons. The fourth-order valence-electron chi connectivity index (χ4n) is 4.56. The van der Waals surface area contributed by atoms with Crippen LogP contribution < -0.4 is 0 Å². The normalized spacial score (nSPS) is 22.0. The van der Waals surface area contributed by atoms with Crippen molar-refractivity contribution in [3.8, 4) is 0 Å². The van der Waals surface area contributed by atoms with Crippen molar-refractivity contribution < 1.29 is 12.8 Å². The fraction of sp³-hybridized carbons (Fsp3) is 0.280. The Morgan fingerprint density at radius 1 is 0.800 bits per heavy atom. The zero-order valence-electron chi connectivity index (χ0n) is 17.3. The number of alkyl halides is 1. The van der Waals surface area contributed by atoms with Crippen molar-refractivity contribution in [1.29, 1.82) is 0 Å². The lowest BCUT2D eigenvalue weighted by atomic mass is 9.66. The summed E-state index contributed by atoms with van der Waals surface area (Å²) in [6, 6.07) is 26.1. The van der Waals surface area contributed by atoms with Gasteiger partial charge in [-0.05, 0) is 43.5 Å². The third-order valence-electron chi connectivity index (χ3n) is 5.93. The van der Waals surface area contributed by atoms with E-state index in [9.17, 15) is 8.42 Å². The van der Waals surface area contributed by atoms with Gasteiger partial charge in [-0.15, -0.1) is 0 Å². The van der Waals surface area contributed by atoms with Gasteiger partial charge in [-0.2, -0.15) is 4.31 Å². The number of aryl methyl sites for hydroxylation is 1. The van der Waals surface area contributed by atoms with E-state index in [-0.39, 0.29) is 24.4 Å². The van der Waals surface area contributed by atoms with Crippen LogP contribution in [-0.2, 0) is 15.4 Å². The predicted octanol–water partition coefficient (Wildman–Crippen LogP) is 5.10. The summed E-state index contributed by atoms with van der Waals surface area (Å²) in [5.41, 5.74) is 0.364. The van der Waals surface area contributed by atoms with E-state index in [0.29, 0.717) is 0 Å². The number of rotatable bonds is 4. The van der Waals surface area contributed by atoms with E-state index in [2.05, 4.69) is 0 Å². The molecule has 30 heavy (non-hydrogen) atoms. The van der Waals surface area contributed by atoms with Gasteiger partial charge >= 0.3 is 0 Å². The molecule has 1 aliphatic rings. The molecule has 156 valence electrons. The number of sulfonamides is 1. The van der Waals surface area contributed by atoms with Gasteiger partial charge in [0.05, 0.1) is 4.90 Å². The first-order chi connectivity index (χ1) is 14.2. The molecule has 1 atom stereocenters. The Morgan fingerprint density at radius 3 is 1.80 bits per heavy atom. The molecule has 1 saturated heterocycles. The maximum atomic E-state index is 15.8. The Hall–Kier alpha value is -2.50. The Morgan fingerprint density at radius 2 is 1.30 bits per heavy atom. The summed E-state index contributed by atoms with van der Waals surface area (Å²) in [6.45, 7) is 3.44. The highest BCUT2D eigenvalue weighted by Crippen LogP contribution is 2.46. The average Bonchev–Trinajstić information content (AvgIpc) is 2.74. The molecule has 0 amide bonds. The Kier molecular flexibility index (Phi) is 5.28. The van der Waals surface area contributed by atoms with Crippen molar-refractivity contribution in [3.05, 3.63) is 102 Å². The van der Waals surface area contributed by atoms with Crippen LogP contribution in [0, 0.1) is 6.92 Å². The van der Waals surface area contributed by atoms with Crippen LogP contribution in [0.1, 0.15) is 30.0 Å². The highest BCUT2D eigenvalue weighted by Gasteiger charge is 2.51. The van der Waals surface area contributed by atoms with Gasteiger partial charge in [0, 0.05) is 18.5 Å². The molecule has 0 bridgehead atoms. The van der Waals surface area contributed by atoms with Crippen molar-refractivity contribution >= 4 is 10.0 Å². The Bertz CT molecular complexity index is 1070. The number of piperidine rings is 1. The van der Waals surface area contributed by atoms with Gasteiger partial charge in [0.15, 0.2) is 0 Å². The molecule has 3 aromatic carbocycles. The summed E-state index contributed by atoms with van der Waals surface area (Å²) in [6.07, 6.45) is 0.216. The van der Waals surface area contributed by atoms with Gasteiger partial charge in [-0.1, -0.05) is 78.4 Å². The quantitative estimate of drug-likeness (QED) is 0.585. The lowest BCUT2D eigenvalue weighted by molar-refractivity contribution is 0.0630. The first kappa shape index (κ1) is 20.8. The zero-order valence-corrected chi connectivity index (χ0v) is 18.1. The largest absolute Gasteiger partial charge is 0.243 e. The molecule has 0 aromatic heterocycles. The van der Waals surface area contributed by atoms with Crippen LogP contribution in [0.25, 0.3) is 0 Å². The van der Waals surface area contributed by atoms with E-state index >= 15 is 4.39 Å². The van der Waals surface area contributed by atoms with Crippen LogP contribution in [-0.4, -0.2) is 31.5 Å². The standard InChI is InChI=1S/C25H26FNO2S/c1-20-13-15-23(16-14-20)30(28,29)27-18-24(2,26)17-25(19-27,21-9-5-3-6-10-21)22-11-7-4-8-12-22/h3-16H,17-19H2,1-2H3. The first-order valence-electron chi connectivity index (χ1n) is 10.1. The molecule has 1 fully saturated rings. The zero-order chi connectivity index (χ0) is 21.4. The van der Waals surface area contributed by atoms with Gasteiger partial charge in [0.1, 0.15) is 5.67 Å². The summed E-state index contributed by atoms with van der Waals surface area (Å²) in [5.74, 6) is 0. The van der Waals surface area contributed by atoms with E-state index in [1.54, 1.807) is 24.3 Å². The highest BCUT2D eigenvalue weighted by atomic mass is 32.2. The minimum atomic E-state index is -3.84. The van der Waals surface area contributed by atoms with Crippen LogP contribution in [0.3, 0.4) is 0 Å². The average molecular weight is 424 g/mol. The third kappa shape index (κ3) is 3.80. The van der Waals surface area contributed by atoms with Crippen LogP contribution in [0.5, 0.6) is 0 Å². The SMILES string of the molecule is Cc1ccc(S(=O)(=O)N2CC(C)(F)CC(c3ccccc3)(c3ccccc3)C2)cc1. The highest BCUT2D eigenvalue weighted by molar-refractivity contribution is 7.89. The molecule has 1 unspecified atom stereocenters. The number of halogens is 1. The van der Waals surface area contributed by atoms with Gasteiger partial charge in [0.25, 0.3) is 0 Å². The molecule has 0 saturated carbocycles. The maximum absolute atomic E-state index is 15.8. The van der Waals surface area contributed by atoms with Gasteiger partial charge in [-0.3, -0.25) is 0 Å². The van der Waals surface area contributed by atoms with Crippen LogP contribution in [0.15, 0.2) is 89.8 Å². The van der Waals surface area contributed by atoms with Crippen LogP contribution in [0.4, 0.5) is 4.39 Å². The van der Waals surface area contributed by atoms with Crippen LogP contribution >= 0.6 is 0 Å². The second-order valence-electron chi connectivity index (χ2n) is 8.49. The molecular weight excluding hydrogens is 397 g/mol. The van der Waals surface area contributed by atoms with Crippen molar-refractivity contribution in [2.24, 2.45) is 0 Å². The van der Waals surface area contributed by atoms with Crippen LogP contribution in [0.2, 0.25) is 0 Å². The summed E-state index contributed by atoms with van der Waals surface area (Å²) in [4.78, 5) is 0.195. The Labute approximate surface area is 178 Å². The number of hydrogen-bond acceptors (Lipinski definition) is 2. The van der Waals surface area contributed by atoms with Crippen molar-refractivity contribution in [2.75, 3.05) is 13.1 Å². The van der Waals surface area contributed by atoms with Gasteiger partial charge in [-0.25, -0.2) is 12.8 Å². The number of nitrogens with zero attached hydrogens (tertiary/aromatic N) is 1. The second kappa shape index (κ2) is 7.64. The summed E-state index contributed by atoms with van der Waals surface area (Å²) in [5, 5.41) is 0. The molecule has 5 heteroatoms. The van der Waals surface area contributed by atoms with Crippen molar-refractivity contribution in [3.63, 3.8) is 0 Å². The minimum Gasteiger partial charge on any atom is -0.243 e. The predicted molar refractivity (Wildman–Crippen MR) is 118 cm³/mol. The maximum Gasteiger partial charge on any atom is 0.243 e. The molecule has 1 heterocycles. The minimum absolute atomic E-state index is 0.162. The molecule has 0 spiro atoms. The van der Waals surface area contributed by atoms with E-state index < -0.39 is 21.1 Å². The summed E-state index contributed by atoms with van der Waals surface area (Å²) in [7, 11) is -3.84. The van der Waals surface area contributed by atoms with Crippen molar-refractivity contribution in [2.45, 2.75) is 36.2 Å². The first-order valence-corrected chi connectivity index (χ1v) is 11.5. The lowest BCUT2D eigenvalue weighted by Crippen LogP contribution is -2.57. The van der Waals surface area contributed by atoms with E-state index in [1.807, 2.05) is 67.6 Å². The van der Waals surface area contributed by atoms with E-state index in [0.717, 1.165) is 16.7 Å². The molecule has 0 aliphatic carbocycles. The molecule has 3 nitrogen and oxygen atoms in total. The monoisotopic (exact) mass is 423 g/mol. The second-order valence-corrected chi connectivity index (χ2v) is 10.4. The number of hydrogen-bond donors (Lipinski definition) is 0. The van der Waals surface area contributed by atoms with Gasteiger partial charge in [0.2, 0.25) is 10.0 Å². The summed E-state index contributed by atoms with van der Waals surface area (Å²) < 4.78 is 44.1. The van der Waals surface area contributed by atoms with Crippen molar-refractivity contribution in [1.82, 2.24) is 4.31 Å². The fourth-order valence-corrected chi connectivity index (χ4v) is 6.17. The molecule has 4 rings (SSSR count). The third-order valence-corrected chi connectivity index (χ3v) is 7.74. The van der Waals surface area contributed by atoms with E-state index in [4.69, 9.17) is 0 Å². The lowest BCUT2D eigenvalue weighted by Gasteiger charge is -2.48. The molecule has 3 aromatic rings. The molecule has 0 N–H and O–H groups in total.